The molecule has 0 saturated carbocycles. The Morgan fingerprint density at radius 2 is 0.698 bits per heavy atom. The Kier molecular flexibility index (Phi) is 20.6. The van der Waals surface area contributed by atoms with E-state index in [9.17, 15) is 24.0 Å². The van der Waals surface area contributed by atoms with E-state index in [0.29, 0.717) is 34.5 Å². The molecular weight excluding hydrogens is 1100 g/mol. The van der Waals surface area contributed by atoms with E-state index >= 15 is 0 Å². The van der Waals surface area contributed by atoms with Gasteiger partial charge in [0.15, 0.2) is 36.6 Å². The van der Waals surface area contributed by atoms with Crippen molar-refractivity contribution in [1.29, 1.82) is 0 Å². The highest BCUT2D eigenvalue weighted by molar-refractivity contribution is 5.86. The first-order valence-electron chi connectivity index (χ1n) is 28.8. The number of ether oxygens (including phenoxy) is 10. The Morgan fingerprint density at radius 3 is 1.01 bits per heavy atom. The lowest BCUT2D eigenvalue weighted by atomic mass is 9.93. The molecule has 454 valence electrons. The second kappa shape index (κ2) is 28.7. The average molecular weight is 1180 g/mol. The molecule has 0 spiro atoms. The number of benzene rings is 6. The van der Waals surface area contributed by atoms with Crippen molar-refractivity contribution in [2.45, 2.75) is 134 Å². The number of hydrogen-bond donors (Lipinski definition) is 5. The summed E-state index contributed by atoms with van der Waals surface area (Å²) < 4.78 is 66.6. The molecule has 3 aliphatic rings. The van der Waals surface area contributed by atoms with Crippen LogP contribution >= 0.6 is 0 Å². The number of carbonyl (C=O) groups is 5. The predicted molar refractivity (Wildman–Crippen MR) is 318 cm³/mol. The summed E-state index contributed by atoms with van der Waals surface area (Å²) in [4.78, 5) is 69.5. The summed E-state index contributed by atoms with van der Waals surface area (Å²) in [6.45, 7) is 11.7. The van der Waals surface area contributed by atoms with E-state index in [0.717, 1.165) is 33.4 Å². The SMILES string of the molecule is Cc1ccc(O[C@@H]2[C@@H](Oc3ccc(C)cc3)[C@@H]3CNC(=O)[C@@H](CCC(N)=O)NC(=O)OC[C@H]4O[C@@H](CNC(=O)[C@H](C)NC(=O)OC[C@@H](O3)[C@@H]2Oc2ccc(C)cc2)[C@H](Oc2ccc(C)cc2)[C@@H](Oc2ccc(C)cc2)[C@@H]4Oc2ccc(C)cc2)cc1. The van der Waals surface area contributed by atoms with Crippen LogP contribution in [0.25, 0.3) is 0 Å². The van der Waals surface area contributed by atoms with Gasteiger partial charge < -0.3 is 74.4 Å². The zero-order valence-corrected chi connectivity index (χ0v) is 49.2. The first-order valence-corrected chi connectivity index (χ1v) is 28.8. The van der Waals surface area contributed by atoms with Crippen LogP contribution in [0.5, 0.6) is 34.5 Å². The van der Waals surface area contributed by atoms with Gasteiger partial charge in [-0.2, -0.15) is 0 Å². The summed E-state index contributed by atoms with van der Waals surface area (Å²) in [7, 11) is 0. The van der Waals surface area contributed by atoms with Crippen LogP contribution in [0, 0.1) is 41.5 Å². The molecule has 9 rings (SSSR count). The topological polar surface area (TPSA) is 252 Å². The first-order chi connectivity index (χ1) is 41.4. The number of primary amides is 1. The summed E-state index contributed by atoms with van der Waals surface area (Å²) >= 11 is 0. The van der Waals surface area contributed by atoms with Crippen LogP contribution in [0.15, 0.2) is 146 Å². The lowest BCUT2D eigenvalue weighted by Crippen LogP contribution is -2.67. The average Bonchev–Trinajstić information content (AvgIpc) is 1.40. The third kappa shape index (κ3) is 16.9. The van der Waals surface area contributed by atoms with Gasteiger partial charge in [-0.05, 0) is 128 Å². The molecule has 86 heavy (non-hydrogen) atoms. The van der Waals surface area contributed by atoms with Gasteiger partial charge in [0.1, 0.15) is 84.2 Å². The van der Waals surface area contributed by atoms with E-state index in [1.54, 1.807) is 72.8 Å². The Balaban J connectivity index is 1.09. The van der Waals surface area contributed by atoms with E-state index in [-0.39, 0.29) is 25.9 Å². The molecule has 0 aromatic heterocycles. The minimum atomic E-state index is -1.39. The number of nitrogens with two attached hydrogens (primary N) is 1. The largest absolute Gasteiger partial charge is 0.484 e. The highest BCUT2D eigenvalue weighted by Gasteiger charge is 2.53. The Bertz CT molecular complexity index is 3220. The summed E-state index contributed by atoms with van der Waals surface area (Å²) in [5.74, 6) is 0.596. The van der Waals surface area contributed by atoms with E-state index in [4.69, 9.17) is 53.1 Å². The van der Waals surface area contributed by atoms with Crippen molar-refractivity contribution in [3.05, 3.63) is 179 Å². The van der Waals surface area contributed by atoms with Crippen LogP contribution < -0.4 is 55.4 Å². The fourth-order valence-electron chi connectivity index (χ4n) is 10.1. The van der Waals surface area contributed by atoms with Gasteiger partial charge in [0, 0.05) is 19.5 Å². The van der Waals surface area contributed by atoms with Crippen LogP contribution in [0.1, 0.15) is 53.1 Å². The number of nitrogens with one attached hydrogen (secondary N) is 4. The minimum Gasteiger partial charge on any atom is -0.484 e. The molecule has 3 aliphatic heterocycles. The monoisotopic (exact) mass is 1180 g/mol. The summed E-state index contributed by atoms with van der Waals surface area (Å²) in [5.41, 5.74) is 11.5. The number of carbonyl (C=O) groups excluding carboxylic acids is 5. The maximum Gasteiger partial charge on any atom is 0.407 e. The summed E-state index contributed by atoms with van der Waals surface area (Å²) in [6, 6.07) is 41.6. The highest BCUT2D eigenvalue weighted by atomic mass is 16.6. The first kappa shape index (κ1) is 61.5. The molecule has 12 atom stereocenters. The Labute approximate surface area is 500 Å². The molecule has 6 N–H and O–H groups in total. The van der Waals surface area contributed by atoms with Crippen molar-refractivity contribution < 1.29 is 71.3 Å². The van der Waals surface area contributed by atoms with E-state index in [1.165, 1.54) is 6.92 Å². The van der Waals surface area contributed by atoms with Crippen molar-refractivity contribution in [2.24, 2.45) is 5.73 Å². The number of rotatable bonds is 15. The van der Waals surface area contributed by atoms with Gasteiger partial charge in [-0.3, -0.25) is 14.4 Å². The number of alkyl carbamates (subject to hydrolysis) is 2. The van der Waals surface area contributed by atoms with Crippen LogP contribution in [-0.2, 0) is 33.3 Å². The molecule has 20 nitrogen and oxygen atoms in total. The van der Waals surface area contributed by atoms with Crippen molar-refractivity contribution >= 4 is 29.9 Å². The minimum absolute atomic E-state index is 0.219. The Morgan fingerprint density at radius 1 is 0.419 bits per heavy atom. The van der Waals surface area contributed by atoms with Crippen LogP contribution in [0.3, 0.4) is 0 Å². The number of fused-ring (bicyclic) bond motifs is 4. The lowest BCUT2D eigenvalue weighted by Gasteiger charge is -2.46. The number of hydrogen-bond acceptors (Lipinski definition) is 15. The molecular formula is C66H75N5O15. The second-order valence-corrected chi connectivity index (χ2v) is 22.1. The number of cyclic esters (lactones) is 2. The highest BCUT2D eigenvalue weighted by Crippen LogP contribution is 2.35. The molecule has 3 saturated heterocycles. The zero-order valence-electron chi connectivity index (χ0n) is 49.2. The smallest absolute Gasteiger partial charge is 0.407 e. The second-order valence-electron chi connectivity index (χ2n) is 22.1. The maximum absolute atomic E-state index is 14.6. The fraction of sp³-hybridized carbons (Fsp3) is 0.379. The van der Waals surface area contributed by atoms with Gasteiger partial charge in [0.25, 0.3) is 0 Å². The third-order valence-electron chi connectivity index (χ3n) is 14.9. The molecule has 6 aromatic carbocycles. The molecule has 6 aromatic rings. The van der Waals surface area contributed by atoms with Crippen molar-refractivity contribution in [3.63, 3.8) is 0 Å². The van der Waals surface area contributed by atoms with Crippen molar-refractivity contribution in [2.75, 3.05) is 26.3 Å². The predicted octanol–water partition coefficient (Wildman–Crippen LogP) is 7.78. The van der Waals surface area contributed by atoms with E-state index in [1.807, 2.05) is 114 Å². The van der Waals surface area contributed by atoms with Crippen LogP contribution in [-0.4, -0.2) is 129 Å². The van der Waals surface area contributed by atoms with Gasteiger partial charge in [-0.15, -0.1) is 0 Å². The molecule has 4 bridgehead atoms. The summed E-state index contributed by atoms with van der Waals surface area (Å²) in [6.07, 6.45) is -13.3. The van der Waals surface area contributed by atoms with Gasteiger partial charge in [-0.25, -0.2) is 9.59 Å². The van der Waals surface area contributed by atoms with Crippen molar-refractivity contribution in [1.82, 2.24) is 21.3 Å². The lowest BCUT2D eigenvalue weighted by molar-refractivity contribution is -0.208. The number of amides is 5. The van der Waals surface area contributed by atoms with Gasteiger partial charge in [-0.1, -0.05) is 106 Å². The van der Waals surface area contributed by atoms with E-state index < -0.39 is 116 Å². The molecule has 3 heterocycles. The number of aryl methyl sites for hydroxylation is 6. The van der Waals surface area contributed by atoms with Crippen molar-refractivity contribution in [3.8, 4) is 34.5 Å². The third-order valence-corrected chi connectivity index (χ3v) is 14.9. The molecule has 5 amide bonds. The molecule has 0 unspecified atom stereocenters. The molecule has 0 aliphatic carbocycles. The molecule has 3 fully saturated rings. The normalized spacial score (nSPS) is 25.7. The summed E-state index contributed by atoms with van der Waals surface area (Å²) in [5, 5.41) is 11.1. The molecule has 20 heteroatoms. The Hall–Kier alpha value is -9.01. The zero-order chi connectivity index (χ0) is 60.9. The van der Waals surface area contributed by atoms with Gasteiger partial charge in [0.05, 0.1) is 0 Å². The van der Waals surface area contributed by atoms with Crippen LogP contribution in [0.2, 0.25) is 0 Å². The maximum atomic E-state index is 14.6. The van der Waals surface area contributed by atoms with Gasteiger partial charge >= 0.3 is 12.2 Å². The molecule has 0 radical (unpaired) electrons. The van der Waals surface area contributed by atoms with Crippen LogP contribution in [0.4, 0.5) is 9.59 Å². The quantitative estimate of drug-likeness (QED) is 0.0658. The fourth-order valence-corrected chi connectivity index (χ4v) is 10.1. The van der Waals surface area contributed by atoms with Gasteiger partial charge in [0.2, 0.25) is 17.7 Å². The standard InChI is InChI=1S/C66H75N5O15/c1-38-8-20-45(21-9-38)79-57-52-34-68-63(73)44(7)70-65(75)77-36-54-59(81-47-24-12-40(3)13-25-47)62(84-50-30-18-43(6)19-31-50)58(80-46-22-10-39(2)11-23-46)53(86-54)35-69-64(74)51(32-33-56(67)72)71-66(76)78-37-55(85-52)60(82-48-26-14-41(4)15-27-48)61(57)83-49-28-16-42(5)17-29-49/h8-31,44,51-55,57-62H,32-37H2,1-7H3,(H2,67,72)(H,68,73)(H,69,74)(H,70,75)(H,71,76)/t44-,51+,52-,53-,54+,55+,57-,58-,59-,60+,61+,62+/m0/s1. The van der Waals surface area contributed by atoms with E-state index in [2.05, 4.69) is 21.3 Å².